The van der Waals surface area contributed by atoms with E-state index in [9.17, 15) is 4.79 Å². The predicted octanol–water partition coefficient (Wildman–Crippen LogP) is 5.17. The normalized spacial score (nSPS) is 13.7. The second kappa shape index (κ2) is 5.58. The standard InChI is InChI=1S/C17H14ClNOS/c1-11-3-5-13(6-4-11)17(20)19-12(2)9-14-7-8-15(18)10-16(14)21-19/h3-10H,1-2H3. The molecule has 21 heavy (non-hydrogen) atoms. The first-order valence-corrected chi connectivity index (χ1v) is 7.77. The van der Waals surface area contributed by atoms with Gasteiger partial charge in [0.05, 0.1) is 0 Å². The van der Waals surface area contributed by atoms with Crippen LogP contribution in [0.3, 0.4) is 0 Å². The number of carbonyl (C=O) groups is 1. The molecule has 0 bridgehead atoms. The Labute approximate surface area is 133 Å². The number of hydrogen-bond acceptors (Lipinski definition) is 2. The van der Waals surface area contributed by atoms with E-state index in [4.69, 9.17) is 11.6 Å². The number of aryl methyl sites for hydroxylation is 1. The monoisotopic (exact) mass is 315 g/mol. The fourth-order valence-electron chi connectivity index (χ4n) is 2.18. The van der Waals surface area contributed by atoms with Crippen LogP contribution in [0.5, 0.6) is 0 Å². The maximum absolute atomic E-state index is 12.6. The number of rotatable bonds is 1. The van der Waals surface area contributed by atoms with Crippen molar-refractivity contribution >= 4 is 35.5 Å². The highest BCUT2D eigenvalue weighted by atomic mass is 35.5. The SMILES string of the molecule is CC1=Cc2ccc(Cl)cc2SN1C(=O)c1ccc(C)cc1. The summed E-state index contributed by atoms with van der Waals surface area (Å²) in [6, 6.07) is 13.3. The second-order valence-electron chi connectivity index (χ2n) is 5.02. The summed E-state index contributed by atoms with van der Waals surface area (Å²) in [4.78, 5) is 13.6. The van der Waals surface area contributed by atoms with Gasteiger partial charge < -0.3 is 0 Å². The lowest BCUT2D eigenvalue weighted by Crippen LogP contribution is -2.24. The minimum Gasteiger partial charge on any atom is -0.268 e. The fourth-order valence-corrected chi connectivity index (χ4v) is 3.41. The second-order valence-corrected chi connectivity index (χ2v) is 6.45. The van der Waals surface area contributed by atoms with Crippen LogP contribution < -0.4 is 0 Å². The summed E-state index contributed by atoms with van der Waals surface area (Å²) in [6.07, 6.45) is 2.01. The molecule has 0 spiro atoms. The highest BCUT2D eigenvalue weighted by Gasteiger charge is 2.23. The highest BCUT2D eigenvalue weighted by molar-refractivity contribution is 7.97. The molecule has 0 saturated heterocycles. The number of hydrogen-bond donors (Lipinski definition) is 0. The van der Waals surface area contributed by atoms with Crippen molar-refractivity contribution in [1.82, 2.24) is 4.31 Å². The summed E-state index contributed by atoms with van der Waals surface area (Å²) >= 11 is 7.45. The van der Waals surface area contributed by atoms with Crippen LogP contribution in [-0.2, 0) is 0 Å². The van der Waals surface area contributed by atoms with Crippen molar-refractivity contribution < 1.29 is 4.79 Å². The molecule has 0 unspecified atom stereocenters. The quantitative estimate of drug-likeness (QED) is 0.676. The first kappa shape index (κ1) is 14.2. The average Bonchev–Trinajstić information content (AvgIpc) is 2.47. The van der Waals surface area contributed by atoms with Crippen LogP contribution in [0.15, 0.2) is 53.1 Å². The zero-order valence-electron chi connectivity index (χ0n) is 11.8. The van der Waals surface area contributed by atoms with Gasteiger partial charge in [0.15, 0.2) is 0 Å². The molecule has 0 aromatic heterocycles. The third-order valence-electron chi connectivity index (χ3n) is 3.33. The molecular weight excluding hydrogens is 302 g/mol. The molecule has 0 atom stereocenters. The first-order valence-electron chi connectivity index (χ1n) is 6.61. The molecule has 1 heterocycles. The van der Waals surface area contributed by atoms with Crippen LogP contribution in [0, 0.1) is 6.92 Å². The number of halogens is 1. The van der Waals surface area contributed by atoms with Gasteiger partial charge in [-0.2, -0.15) is 0 Å². The van der Waals surface area contributed by atoms with E-state index in [1.807, 2.05) is 62.4 Å². The smallest absolute Gasteiger partial charge is 0.268 e. The molecule has 0 fully saturated rings. The molecule has 1 aliphatic rings. The van der Waals surface area contributed by atoms with Crippen LogP contribution in [0.2, 0.25) is 5.02 Å². The van der Waals surface area contributed by atoms with Gasteiger partial charge in [-0.3, -0.25) is 4.79 Å². The number of allylic oxidation sites excluding steroid dienone is 1. The lowest BCUT2D eigenvalue weighted by Gasteiger charge is -2.27. The molecule has 4 heteroatoms. The number of amides is 1. The Balaban J connectivity index is 1.94. The van der Waals surface area contributed by atoms with Crippen molar-refractivity contribution in [3.05, 3.63) is 69.9 Å². The maximum atomic E-state index is 12.6. The van der Waals surface area contributed by atoms with Crippen molar-refractivity contribution in [3.63, 3.8) is 0 Å². The molecule has 0 N–H and O–H groups in total. The van der Waals surface area contributed by atoms with E-state index in [0.29, 0.717) is 10.6 Å². The zero-order chi connectivity index (χ0) is 15.0. The lowest BCUT2D eigenvalue weighted by atomic mass is 10.1. The van der Waals surface area contributed by atoms with Gasteiger partial charge in [0.25, 0.3) is 5.91 Å². The molecule has 0 radical (unpaired) electrons. The predicted molar refractivity (Wildman–Crippen MR) is 88.3 cm³/mol. The number of fused-ring (bicyclic) bond motifs is 1. The summed E-state index contributed by atoms with van der Waals surface area (Å²) in [5.74, 6) is -0.0145. The largest absolute Gasteiger partial charge is 0.268 e. The van der Waals surface area contributed by atoms with E-state index < -0.39 is 0 Å². The van der Waals surface area contributed by atoms with Gasteiger partial charge in [-0.25, -0.2) is 4.31 Å². The van der Waals surface area contributed by atoms with E-state index in [2.05, 4.69) is 0 Å². The van der Waals surface area contributed by atoms with Crippen molar-refractivity contribution in [1.29, 1.82) is 0 Å². The zero-order valence-corrected chi connectivity index (χ0v) is 13.3. The van der Waals surface area contributed by atoms with Gasteiger partial charge in [0.2, 0.25) is 0 Å². The summed E-state index contributed by atoms with van der Waals surface area (Å²) in [6.45, 7) is 3.95. The summed E-state index contributed by atoms with van der Waals surface area (Å²) in [5, 5.41) is 0.678. The van der Waals surface area contributed by atoms with Crippen LogP contribution in [0.25, 0.3) is 6.08 Å². The maximum Gasteiger partial charge on any atom is 0.268 e. The Morgan fingerprint density at radius 1 is 1.10 bits per heavy atom. The van der Waals surface area contributed by atoms with Crippen molar-refractivity contribution in [2.75, 3.05) is 0 Å². The molecule has 1 aliphatic heterocycles. The van der Waals surface area contributed by atoms with Gasteiger partial charge in [0.1, 0.15) is 0 Å². The first-order chi connectivity index (χ1) is 10.0. The minimum atomic E-state index is -0.0145. The molecule has 106 valence electrons. The van der Waals surface area contributed by atoms with Crippen molar-refractivity contribution in [3.8, 4) is 0 Å². The van der Waals surface area contributed by atoms with Crippen LogP contribution >= 0.6 is 23.5 Å². The molecule has 3 rings (SSSR count). The average molecular weight is 316 g/mol. The molecule has 2 aromatic rings. The van der Waals surface area contributed by atoms with Gasteiger partial charge >= 0.3 is 0 Å². The Hall–Kier alpha value is -1.71. The van der Waals surface area contributed by atoms with Gasteiger partial charge in [-0.05, 0) is 61.7 Å². The molecule has 2 aromatic carbocycles. The minimum absolute atomic E-state index is 0.0145. The van der Waals surface area contributed by atoms with Crippen molar-refractivity contribution in [2.24, 2.45) is 0 Å². The number of benzene rings is 2. The Bertz CT molecular complexity index is 737. The summed E-state index contributed by atoms with van der Waals surface area (Å²) in [5.41, 5.74) is 3.84. The molecule has 0 aliphatic carbocycles. The Kier molecular flexibility index (Phi) is 3.79. The van der Waals surface area contributed by atoms with Gasteiger partial charge in [-0.15, -0.1) is 0 Å². The Morgan fingerprint density at radius 2 is 1.81 bits per heavy atom. The van der Waals surface area contributed by atoms with Crippen molar-refractivity contribution in [2.45, 2.75) is 18.7 Å². The highest BCUT2D eigenvalue weighted by Crippen LogP contribution is 2.38. The summed E-state index contributed by atoms with van der Waals surface area (Å²) in [7, 11) is 0. The number of carbonyl (C=O) groups excluding carboxylic acids is 1. The van der Waals surface area contributed by atoms with E-state index in [-0.39, 0.29) is 5.91 Å². The van der Waals surface area contributed by atoms with Crippen LogP contribution in [-0.4, -0.2) is 10.2 Å². The fraction of sp³-hybridized carbons (Fsp3) is 0.118. The van der Waals surface area contributed by atoms with E-state index >= 15 is 0 Å². The van der Waals surface area contributed by atoms with E-state index in [1.165, 1.54) is 11.9 Å². The van der Waals surface area contributed by atoms with Gasteiger partial charge in [-0.1, -0.05) is 35.4 Å². The van der Waals surface area contributed by atoms with Crippen LogP contribution in [0.1, 0.15) is 28.4 Å². The third kappa shape index (κ3) is 2.85. The molecule has 1 amide bonds. The van der Waals surface area contributed by atoms with E-state index in [0.717, 1.165) is 21.7 Å². The molecular formula is C17H14ClNOS. The molecule has 0 saturated carbocycles. The number of nitrogens with zero attached hydrogens (tertiary/aromatic N) is 1. The lowest BCUT2D eigenvalue weighted by molar-refractivity contribution is 0.0898. The molecule has 2 nitrogen and oxygen atoms in total. The van der Waals surface area contributed by atoms with Crippen LogP contribution in [0.4, 0.5) is 0 Å². The Morgan fingerprint density at radius 3 is 2.52 bits per heavy atom. The van der Waals surface area contributed by atoms with E-state index in [1.54, 1.807) is 4.31 Å². The topological polar surface area (TPSA) is 20.3 Å². The summed E-state index contributed by atoms with van der Waals surface area (Å²) < 4.78 is 1.71. The third-order valence-corrected chi connectivity index (χ3v) is 4.75. The van der Waals surface area contributed by atoms with Gasteiger partial charge in [0, 0.05) is 21.2 Å².